The number of aromatic nitrogens is 3. The maximum absolute atomic E-state index is 13.1. The Balaban J connectivity index is 2.24. The molecule has 0 fully saturated rings. The number of rotatable bonds is 5. The quantitative estimate of drug-likeness (QED) is 0.609. The predicted octanol–water partition coefficient (Wildman–Crippen LogP) is 2.88. The fourth-order valence-corrected chi connectivity index (χ4v) is 6.71. The normalized spacial score (nSPS) is 14.4. The molecule has 0 aliphatic carbocycles. The average Bonchev–Trinajstić information content (AvgIpc) is 3.13. The monoisotopic (exact) mass is 446 g/mol. The lowest BCUT2D eigenvalue weighted by Gasteiger charge is -2.36. The van der Waals surface area contributed by atoms with E-state index in [-0.39, 0.29) is 5.04 Å². The maximum Gasteiger partial charge on any atom is 0.308 e. The summed E-state index contributed by atoms with van der Waals surface area (Å²) in [6.45, 7) is 10.5. The highest BCUT2D eigenvalue weighted by atomic mass is 32.2. The van der Waals surface area contributed by atoms with Crippen LogP contribution in [0.15, 0.2) is 42.9 Å². The fraction of sp³-hybridized carbons (Fsp3) is 0.429. The number of aliphatic hydroxyl groups is 1. The lowest BCUT2D eigenvalue weighted by Crippen LogP contribution is -2.56. The molecule has 0 bridgehead atoms. The Morgan fingerprint density at radius 2 is 1.77 bits per heavy atom. The van der Waals surface area contributed by atoms with E-state index in [1.165, 1.54) is 28.6 Å². The SMILES string of the molecule is CN(C)S(=O)(=O)n1cc(C(O)c2cncc3ccccc23)nc1[Si](C)(C)C(C)(C)C. The predicted molar refractivity (Wildman–Crippen MR) is 123 cm³/mol. The van der Waals surface area contributed by atoms with E-state index < -0.39 is 24.4 Å². The van der Waals surface area contributed by atoms with Crippen LogP contribution in [-0.4, -0.2) is 53.9 Å². The molecule has 3 aromatic rings. The Hall–Kier alpha value is -2.07. The third-order valence-electron chi connectivity index (χ3n) is 6.11. The molecule has 2 heterocycles. The Kier molecular flexibility index (Phi) is 5.70. The van der Waals surface area contributed by atoms with Gasteiger partial charge >= 0.3 is 10.2 Å². The van der Waals surface area contributed by atoms with Crippen LogP contribution in [0.4, 0.5) is 0 Å². The van der Waals surface area contributed by atoms with E-state index in [1.54, 1.807) is 12.4 Å². The highest BCUT2D eigenvalue weighted by Crippen LogP contribution is 2.36. The number of aliphatic hydroxyl groups excluding tert-OH is 1. The van der Waals surface area contributed by atoms with Crippen LogP contribution in [0.3, 0.4) is 0 Å². The van der Waals surface area contributed by atoms with Gasteiger partial charge in [-0.3, -0.25) is 4.98 Å². The van der Waals surface area contributed by atoms with E-state index in [0.29, 0.717) is 16.7 Å². The van der Waals surface area contributed by atoms with E-state index in [0.717, 1.165) is 10.8 Å². The van der Waals surface area contributed by atoms with Gasteiger partial charge in [-0.2, -0.15) is 12.7 Å². The van der Waals surface area contributed by atoms with Crippen molar-refractivity contribution in [3.8, 4) is 0 Å². The van der Waals surface area contributed by atoms with Crippen molar-refractivity contribution in [2.24, 2.45) is 0 Å². The zero-order valence-corrected chi connectivity index (χ0v) is 20.4. The average molecular weight is 447 g/mol. The first kappa shape index (κ1) is 22.6. The molecule has 0 saturated carbocycles. The molecule has 30 heavy (non-hydrogen) atoms. The summed E-state index contributed by atoms with van der Waals surface area (Å²) in [6.07, 6.45) is 3.71. The van der Waals surface area contributed by atoms with Gasteiger partial charge in [0.05, 0.1) is 5.69 Å². The van der Waals surface area contributed by atoms with Gasteiger partial charge in [0.25, 0.3) is 0 Å². The van der Waals surface area contributed by atoms with Gasteiger partial charge < -0.3 is 5.11 Å². The number of nitrogens with zero attached hydrogens (tertiary/aromatic N) is 4. The number of hydrogen-bond donors (Lipinski definition) is 1. The zero-order chi connectivity index (χ0) is 22.5. The molecule has 1 N–H and O–H groups in total. The summed E-state index contributed by atoms with van der Waals surface area (Å²) >= 11 is 0. The van der Waals surface area contributed by atoms with E-state index in [1.807, 2.05) is 24.3 Å². The molecule has 2 aromatic heterocycles. The number of fused-ring (bicyclic) bond motifs is 1. The molecular weight excluding hydrogens is 416 g/mol. The van der Waals surface area contributed by atoms with Gasteiger partial charge in [-0.1, -0.05) is 58.1 Å². The van der Waals surface area contributed by atoms with Gasteiger partial charge in [-0.05, 0) is 10.4 Å². The van der Waals surface area contributed by atoms with Crippen molar-refractivity contribution in [1.82, 2.24) is 18.2 Å². The maximum atomic E-state index is 13.1. The smallest absolute Gasteiger partial charge is 0.308 e. The molecule has 0 saturated heterocycles. The minimum Gasteiger partial charge on any atom is -0.382 e. The van der Waals surface area contributed by atoms with E-state index in [9.17, 15) is 13.5 Å². The Bertz CT molecular complexity index is 1180. The molecule has 1 atom stereocenters. The molecule has 7 nitrogen and oxygen atoms in total. The second kappa shape index (κ2) is 7.56. The second-order valence-corrected chi connectivity index (χ2v) is 16.5. The standard InChI is InChI=1S/C21H30N4O3SSi/c1-21(2,3)30(6,7)20-23-18(14-25(20)29(27,28)24(4)5)19(26)17-13-22-12-15-10-8-9-11-16(15)17/h8-14,19,26H,1-7H3. The number of hydrogen-bond acceptors (Lipinski definition) is 5. The molecule has 1 aromatic carbocycles. The van der Waals surface area contributed by atoms with Crippen LogP contribution in [0.2, 0.25) is 18.1 Å². The molecule has 0 radical (unpaired) electrons. The first-order valence-electron chi connectivity index (χ1n) is 9.82. The van der Waals surface area contributed by atoms with Crippen LogP contribution in [0.1, 0.15) is 38.1 Å². The van der Waals surface area contributed by atoms with Gasteiger partial charge in [0.1, 0.15) is 19.6 Å². The highest BCUT2D eigenvalue weighted by molar-refractivity contribution is 7.87. The van der Waals surface area contributed by atoms with Crippen LogP contribution in [-0.2, 0) is 10.2 Å². The number of benzene rings is 1. The summed E-state index contributed by atoms with van der Waals surface area (Å²) in [7, 11) is -3.14. The Morgan fingerprint density at radius 1 is 1.13 bits per heavy atom. The van der Waals surface area contributed by atoms with Crippen LogP contribution in [0.25, 0.3) is 10.8 Å². The molecule has 0 aliphatic heterocycles. The van der Waals surface area contributed by atoms with Gasteiger partial charge in [0.15, 0.2) is 0 Å². The first-order valence-corrected chi connectivity index (χ1v) is 14.2. The van der Waals surface area contributed by atoms with Crippen LogP contribution < -0.4 is 5.45 Å². The lowest BCUT2D eigenvalue weighted by atomic mass is 10.0. The van der Waals surface area contributed by atoms with Crippen LogP contribution >= 0.6 is 0 Å². The molecule has 162 valence electrons. The molecule has 9 heteroatoms. The summed E-state index contributed by atoms with van der Waals surface area (Å²) in [4.78, 5) is 8.96. The molecule has 0 amide bonds. The molecule has 0 aliphatic rings. The van der Waals surface area contributed by atoms with Crippen molar-refractivity contribution < 1.29 is 13.5 Å². The van der Waals surface area contributed by atoms with Gasteiger partial charge in [-0.15, -0.1) is 0 Å². The van der Waals surface area contributed by atoms with Gasteiger partial charge in [0.2, 0.25) is 0 Å². The largest absolute Gasteiger partial charge is 0.382 e. The zero-order valence-electron chi connectivity index (χ0n) is 18.6. The topological polar surface area (TPSA) is 88.3 Å². The lowest BCUT2D eigenvalue weighted by molar-refractivity contribution is 0.217. The van der Waals surface area contributed by atoms with E-state index in [2.05, 4.69) is 38.8 Å². The van der Waals surface area contributed by atoms with Crippen molar-refractivity contribution in [1.29, 1.82) is 0 Å². The second-order valence-electron chi connectivity index (χ2n) is 9.30. The molecular formula is C21H30N4O3SSi. The first-order chi connectivity index (χ1) is 13.8. The highest BCUT2D eigenvalue weighted by Gasteiger charge is 2.43. The van der Waals surface area contributed by atoms with Gasteiger partial charge in [0, 0.05) is 43.6 Å². The van der Waals surface area contributed by atoms with E-state index in [4.69, 9.17) is 4.98 Å². The summed E-state index contributed by atoms with van der Waals surface area (Å²) < 4.78 is 28.6. The Labute approximate surface area is 179 Å². The third-order valence-corrected chi connectivity index (χ3v) is 13.2. The van der Waals surface area contributed by atoms with Crippen LogP contribution in [0.5, 0.6) is 0 Å². The molecule has 1 unspecified atom stereocenters. The summed E-state index contributed by atoms with van der Waals surface area (Å²) in [6, 6.07) is 7.65. The van der Waals surface area contributed by atoms with Crippen molar-refractivity contribution in [3.63, 3.8) is 0 Å². The van der Waals surface area contributed by atoms with Crippen LogP contribution in [0, 0.1) is 0 Å². The van der Waals surface area contributed by atoms with Crippen molar-refractivity contribution >= 4 is 34.5 Å². The summed E-state index contributed by atoms with van der Waals surface area (Å²) in [5.74, 6) is 0. The van der Waals surface area contributed by atoms with Crippen molar-refractivity contribution in [3.05, 3.63) is 54.1 Å². The minimum absolute atomic E-state index is 0.138. The van der Waals surface area contributed by atoms with E-state index >= 15 is 0 Å². The Morgan fingerprint density at radius 3 is 2.37 bits per heavy atom. The van der Waals surface area contributed by atoms with Gasteiger partial charge in [-0.25, -0.2) is 8.96 Å². The molecule has 3 rings (SSSR count). The van der Waals surface area contributed by atoms with Crippen molar-refractivity contribution in [2.75, 3.05) is 14.1 Å². The fourth-order valence-electron chi connectivity index (χ4n) is 3.13. The minimum atomic E-state index is -3.79. The summed E-state index contributed by atoms with van der Waals surface area (Å²) in [5, 5.41) is 12.8. The summed E-state index contributed by atoms with van der Waals surface area (Å²) in [5.41, 5.74) is 1.42. The van der Waals surface area contributed by atoms with Crippen molar-refractivity contribution in [2.45, 2.75) is 45.0 Å². The number of imidazole rings is 1. The number of pyridine rings is 1. The molecule has 0 spiro atoms. The third kappa shape index (κ3) is 3.71.